The average molecular weight is 248 g/mol. The van der Waals surface area contributed by atoms with Gasteiger partial charge in [-0.25, -0.2) is 4.79 Å². The summed E-state index contributed by atoms with van der Waals surface area (Å²) in [5.74, 6) is 1.37. The van der Waals surface area contributed by atoms with Gasteiger partial charge in [-0.1, -0.05) is 25.1 Å². The number of hydrogen-bond acceptors (Lipinski definition) is 2. The molecular weight excluding hydrogens is 228 g/mol. The van der Waals surface area contributed by atoms with E-state index in [4.69, 9.17) is 4.74 Å². The highest BCUT2D eigenvalue weighted by Crippen LogP contribution is 2.15. The van der Waals surface area contributed by atoms with Crippen molar-refractivity contribution in [1.82, 2.24) is 10.2 Å². The van der Waals surface area contributed by atoms with Crippen LogP contribution in [0, 0.1) is 5.92 Å². The topological polar surface area (TPSA) is 41.6 Å². The van der Waals surface area contributed by atoms with Gasteiger partial charge in [0.05, 0.1) is 0 Å². The Morgan fingerprint density at radius 3 is 2.94 bits per heavy atom. The zero-order valence-electron chi connectivity index (χ0n) is 10.8. The number of benzene rings is 1. The fraction of sp³-hybridized carbons (Fsp3) is 0.500. The van der Waals surface area contributed by atoms with E-state index in [2.05, 4.69) is 12.2 Å². The zero-order valence-corrected chi connectivity index (χ0v) is 10.8. The predicted octanol–water partition coefficient (Wildman–Crippen LogP) is 2.46. The number of nitrogens with zero attached hydrogens (tertiary/aromatic N) is 1. The van der Waals surface area contributed by atoms with Gasteiger partial charge in [0.1, 0.15) is 5.75 Å². The van der Waals surface area contributed by atoms with E-state index in [0.717, 1.165) is 25.3 Å². The molecule has 4 heteroatoms. The minimum atomic E-state index is -0.0301. The van der Waals surface area contributed by atoms with Gasteiger partial charge in [-0.05, 0) is 30.9 Å². The fourth-order valence-electron chi connectivity index (χ4n) is 2.18. The number of amides is 2. The fourth-order valence-corrected chi connectivity index (χ4v) is 2.18. The molecule has 2 rings (SSSR count). The number of para-hydroxylation sites is 1. The van der Waals surface area contributed by atoms with E-state index in [1.165, 1.54) is 6.42 Å². The van der Waals surface area contributed by atoms with Crippen molar-refractivity contribution in [2.24, 2.45) is 5.92 Å². The Hall–Kier alpha value is -1.71. The molecule has 1 aromatic rings. The van der Waals surface area contributed by atoms with Crippen molar-refractivity contribution in [3.8, 4) is 5.75 Å². The van der Waals surface area contributed by atoms with Crippen LogP contribution < -0.4 is 10.1 Å². The van der Waals surface area contributed by atoms with Crippen molar-refractivity contribution in [3.05, 3.63) is 30.3 Å². The Morgan fingerprint density at radius 1 is 1.44 bits per heavy atom. The third kappa shape index (κ3) is 3.65. The lowest BCUT2D eigenvalue weighted by Crippen LogP contribution is -2.46. The third-order valence-electron chi connectivity index (χ3n) is 3.15. The minimum absolute atomic E-state index is 0.0301. The molecule has 1 unspecified atom stereocenters. The molecule has 18 heavy (non-hydrogen) atoms. The van der Waals surface area contributed by atoms with E-state index >= 15 is 0 Å². The average Bonchev–Trinajstić information content (AvgIpc) is 2.40. The zero-order chi connectivity index (χ0) is 12.8. The van der Waals surface area contributed by atoms with Crippen LogP contribution in [0.4, 0.5) is 4.79 Å². The van der Waals surface area contributed by atoms with E-state index in [0.29, 0.717) is 5.92 Å². The summed E-state index contributed by atoms with van der Waals surface area (Å²) in [5, 5.41) is 2.79. The third-order valence-corrected chi connectivity index (χ3v) is 3.15. The molecule has 1 N–H and O–H groups in total. The lowest BCUT2D eigenvalue weighted by Gasteiger charge is -2.30. The van der Waals surface area contributed by atoms with E-state index in [-0.39, 0.29) is 12.8 Å². The van der Waals surface area contributed by atoms with Gasteiger partial charge in [-0.15, -0.1) is 0 Å². The normalized spacial score (nSPS) is 19.4. The van der Waals surface area contributed by atoms with Crippen LogP contribution in [0.25, 0.3) is 0 Å². The van der Waals surface area contributed by atoms with E-state index in [9.17, 15) is 4.79 Å². The first-order chi connectivity index (χ1) is 8.75. The molecule has 1 aliphatic rings. The number of ether oxygens (including phenoxy) is 1. The number of carbonyl (C=O) groups excluding carboxylic acids is 1. The standard InChI is InChI=1S/C14H20N2O2/c1-12-6-5-9-16(10-12)14(17)15-11-18-13-7-3-2-4-8-13/h2-4,7-8,12H,5-6,9-11H2,1H3,(H,15,17). The van der Waals surface area contributed by atoms with Gasteiger partial charge in [0.15, 0.2) is 6.73 Å². The van der Waals surface area contributed by atoms with Crippen LogP contribution in [0.1, 0.15) is 19.8 Å². The number of carbonyl (C=O) groups is 1. The molecule has 1 aliphatic heterocycles. The maximum Gasteiger partial charge on any atom is 0.320 e. The second-order valence-electron chi connectivity index (χ2n) is 4.78. The molecule has 0 bridgehead atoms. The first-order valence-electron chi connectivity index (χ1n) is 6.46. The van der Waals surface area contributed by atoms with Crippen LogP contribution in [-0.4, -0.2) is 30.8 Å². The highest BCUT2D eigenvalue weighted by Gasteiger charge is 2.20. The van der Waals surface area contributed by atoms with Gasteiger partial charge >= 0.3 is 6.03 Å². The molecular formula is C14H20N2O2. The summed E-state index contributed by atoms with van der Waals surface area (Å²) in [4.78, 5) is 13.7. The number of piperidine rings is 1. The number of rotatable bonds is 3. The molecule has 98 valence electrons. The highest BCUT2D eigenvalue weighted by molar-refractivity contribution is 5.74. The molecule has 0 spiro atoms. The molecule has 1 fully saturated rings. The molecule has 1 atom stereocenters. The molecule has 1 saturated heterocycles. The molecule has 1 aromatic carbocycles. The molecule has 1 heterocycles. The summed E-state index contributed by atoms with van der Waals surface area (Å²) in [6, 6.07) is 9.45. The van der Waals surface area contributed by atoms with Gasteiger partial charge in [0.25, 0.3) is 0 Å². The van der Waals surface area contributed by atoms with Crippen LogP contribution in [0.3, 0.4) is 0 Å². The van der Waals surface area contributed by atoms with Crippen molar-refractivity contribution in [3.63, 3.8) is 0 Å². The lowest BCUT2D eigenvalue weighted by atomic mass is 10.0. The smallest absolute Gasteiger partial charge is 0.320 e. The lowest BCUT2D eigenvalue weighted by molar-refractivity contribution is 0.160. The Bertz CT molecular complexity index is 381. The summed E-state index contributed by atoms with van der Waals surface area (Å²) < 4.78 is 5.44. The number of hydrogen-bond donors (Lipinski definition) is 1. The monoisotopic (exact) mass is 248 g/mol. The van der Waals surface area contributed by atoms with Crippen molar-refractivity contribution in [2.45, 2.75) is 19.8 Å². The van der Waals surface area contributed by atoms with E-state index in [1.54, 1.807) is 0 Å². The van der Waals surface area contributed by atoms with Crippen molar-refractivity contribution in [2.75, 3.05) is 19.8 Å². The Balaban J connectivity index is 1.71. The van der Waals surface area contributed by atoms with Gasteiger partial charge in [-0.3, -0.25) is 0 Å². The largest absolute Gasteiger partial charge is 0.473 e. The van der Waals surface area contributed by atoms with Gasteiger partial charge in [0.2, 0.25) is 0 Å². The second kappa shape index (κ2) is 6.28. The molecule has 0 aromatic heterocycles. The van der Waals surface area contributed by atoms with Gasteiger partial charge < -0.3 is 15.0 Å². The summed E-state index contributed by atoms with van der Waals surface area (Å²) in [6.45, 7) is 4.09. The minimum Gasteiger partial charge on any atom is -0.473 e. The summed E-state index contributed by atoms with van der Waals surface area (Å²) in [5.41, 5.74) is 0. The summed E-state index contributed by atoms with van der Waals surface area (Å²) in [6.07, 6.45) is 2.30. The summed E-state index contributed by atoms with van der Waals surface area (Å²) in [7, 11) is 0. The van der Waals surface area contributed by atoms with Crippen molar-refractivity contribution < 1.29 is 9.53 Å². The molecule has 2 amide bonds. The first kappa shape index (κ1) is 12.7. The van der Waals surface area contributed by atoms with Crippen molar-refractivity contribution in [1.29, 1.82) is 0 Å². The number of urea groups is 1. The van der Waals surface area contributed by atoms with Gasteiger partial charge in [-0.2, -0.15) is 0 Å². The predicted molar refractivity (Wildman–Crippen MR) is 70.4 cm³/mol. The Morgan fingerprint density at radius 2 is 2.22 bits per heavy atom. The van der Waals surface area contributed by atoms with Crippen LogP contribution in [0.5, 0.6) is 5.75 Å². The molecule has 0 aliphatic carbocycles. The second-order valence-corrected chi connectivity index (χ2v) is 4.78. The Labute approximate surface area is 108 Å². The van der Waals surface area contributed by atoms with E-state index in [1.807, 2.05) is 35.2 Å². The van der Waals surface area contributed by atoms with Crippen LogP contribution in [0.15, 0.2) is 30.3 Å². The van der Waals surface area contributed by atoms with Crippen LogP contribution in [-0.2, 0) is 0 Å². The molecule has 0 saturated carbocycles. The van der Waals surface area contributed by atoms with Crippen LogP contribution in [0.2, 0.25) is 0 Å². The van der Waals surface area contributed by atoms with E-state index < -0.39 is 0 Å². The number of nitrogens with one attached hydrogen (secondary N) is 1. The molecule has 4 nitrogen and oxygen atoms in total. The Kier molecular flexibility index (Phi) is 4.45. The first-order valence-corrected chi connectivity index (χ1v) is 6.46. The maximum absolute atomic E-state index is 11.9. The van der Waals surface area contributed by atoms with Crippen LogP contribution >= 0.6 is 0 Å². The summed E-state index contributed by atoms with van der Waals surface area (Å²) >= 11 is 0. The highest BCUT2D eigenvalue weighted by atomic mass is 16.5. The number of likely N-dealkylation sites (tertiary alicyclic amines) is 1. The van der Waals surface area contributed by atoms with Crippen molar-refractivity contribution >= 4 is 6.03 Å². The SMILES string of the molecule is CC1CCCN(C(=O)NCOc2ccccc2)C1. The quantitative estimate of drug-likeness (QED) is 0.835. The van der Waals surface area contributed by atoms with Gasteiger partial charge in [0, 0.05) is 13.1 Å². The molecule has 0 radical (unpaired) electrons. The maximum atomic E-state index is 11.9.